The molecule has 0 heterocycles. The zero-order valence-electron chi connectivity index (χ0n) is 10.4. The summed E-state index contributed by atoms with van der Waals surface area (Å²) in [7, 11) is 1.60. The Morgan fingerprint density at radius 2 is 2.06 bits per heavy atom. The molecule has 0 saturated heterocycles. The van der Waals surface area contributed by atoms with E-state index in [2.05, 4.69) is 0 Å². The van der Waals surface area contributed by atoms with E-state index in [-0.39, 0.29) is 17.7 Å². The standard InChI is InChI=1S/C15H16O3/c1-18-13-8-11(16)6-7-15(13)9-10-4-2-3-5-12(10)14(15)17/h2-5,13H,6-9H2,1H3. The molecule has 2 aliphatic carbocycles. The van der Waals surface area contributed by atoms with Crippen molar-refractivity contribution in [3.63, 3.8) is 0 Å². The van der Waals surface area contributed by atoms with Crippen LogP contribution in [-0.2, 0) is 16.0 Å². The first kappa shape index (κ1) is 11.6. The molecule has 1 aromatic carbocycles. The van der Waals surface area contributed by atoms with Crippen LogP contribution >= 0.6 is 0 Å². The van der Waals surface area contributed by atoms with Crippen molar-refractivity contribution in [1.29, 1.82) is 0 Å². The second kappa shape index (κ2) is 4.02. The Balaban J connectivity index is 2.03. The highest BCUT2D eigenvalue weighted by atomic mass is 16.5. The molecule has 3 heteroatoms. The van der Waals surface area contributed by atoms with Crippen molar-refractivity contribution in [3.8, 4) is 0 Å². The molecule has 1 spiro atoms. The van der Waals surface area contributed by atoms with Crippen LogP contribution in [0.4, 0.5) is 0 Å². The van der Waals surface area contributed by atoms with E-state index >= 15 is 0 Å². The molecule has 2 unspecified atom stereocenters. The third kappa shape index (κ3) is 1.47. The molecule has 3 rings (SSSR count). The molecule has 3 nitrogen and oxygen atoms in total. The van der Waals surface area contributed by atoms with Crippen molar-refractivity contribution in [1.82, 2.24) is 0 Å². The van der Waals surface area contributed by atoms with E-state index in [0.29, 0.717) is 25.7 Å². The summed E-state index contributed by atoms with van der Waals surface area (Å²) in [5, 5.41) is 0. The summed E-state index contributed by atoms with van der Waals surface area (Å²) in [6.45, 7) is 0. The third-order valence-corrected chi connectivity index (χ3v) is 4.38. The molecule has 18 heavy (non-hydrogen) atoms. The maximum Gasteiger partial charge on any atom is 0.172 e. The molecule has 94 valence electrons. The average molecular weight is 244 g/mol. The number of rotatable bonds is 1. The summed E-state index contributed by atoms with van der Waals surface area (Å²) in [6.07, 6.45) is 1.94. The zero-order valence-corrected chi connectivity index (χ0v) is 10.4. The zero-order chi connectivity index (χ0) is 12.8. The number of Topliss-reactive ketones (excluding diaryl/α,β-unsaturated/α-hetero) is 2. The fourth-order valence-corrected chi connectivity index (χ4v) is 3.38. The van der Waals surface area contributed by atoms with E-state index in [4.69, 9.17) is 4.74 Å². The molecule has 2 aliphatic rings. The number of carbonyl (C=O) groups excluding carboxylic acids is 2. The van der Waals surface area contributed by atoms with E-state index in [1.807, 2.05) is 24.3 Å². The maximum absolute atomic E-state index is 12.7. The van der Waals surface area contributed by atoms with Crippen molar-refractivity contribution in [2.45, 2.75) is 31.8 Å². The number of fused-ring (bicyclic) bond motifs is 1. The second-order valence-electron chi connectivity index (χ2n) is 5.29. The Kier molecular flexibility index (Phi) is 2.59. The van der Waals surface area contributed by atoms with Gasteiger partial charge in [0.1, 0.15) is 5.78 Å². The van der Waals surface area contributed by atoms with E-state index in [1.165, 1.54) is 0 Å². The monoisotopic (exact) mass is 244 g/mol. The highest BCUT2D eigenvalue weighted by Gasteiger charge is 2.53. The van der Waals surface area contributed by atoms with Crippen molar-refractivity contribution in [2.75, 3.05) is 7.11 Å². The SMILES string of the molecule is COC1CC(=O)CCC12Cc1ccccc1C2=O. The quantitative estimate of drug-likeness (QED) is 0.760. The lowest BCUT2D eigenvalue weighted by atomic mass is 9.68. The number of methoxy groups -OCH3 is 1. The summed E-state index contributed by atoms with van der Waals surface area (Å²) < 4.78 is 5.46. The first-order valence-corrected chi connectivity index (χ1v) is 6.34. The van der Waals surface area contributed by atoms with E-state index < -0.39 is 5.41 Å². The van der Waals surface area contributed by atoms with E-state index in [0.717, 1.165) is 11.1 Å². The first-order valence-electron chi connectivity index (χ1n) is 6.34. The van der Waals surface area contributed by atoms with Crippen molar-refractivity contribution in [2.24, 2.45) is 5.41 Å². The molecule has 2 atom stereocenters. The normalized spacial score (nSPS) is 30.8. The molecule has 0 radical (unpaired) electrons. The van der Waals surface area contributed by atoms with Gasteiger partial charge < -0.3 is 4.74 Å². The predicted octanol–water partition coefficient (Wildman–Crippen LogP) is 2.18. The average Bonchev–Trinajstić information content (AvgIpc) is 2.67. The van der Waals surface area contributed by atoms with Crippen LogP contribution < -0.4 is 0 Å². The van der Waals surface area contributed by atoms with Crippen LogP contribution in [-0.4, -0.2) is 24.8 Å². The van der Waals surface area contributed by atoms with Gasteiger partial charge in [-0.2, -0.15) is 0 Å². The van der Waals surface area contributed by atoms with Gasteiger partial charge in [0.05, 0.1) is 11.5 Å². The van der Waals surface area contributed by atoms with Crippen molar-refractivity contribution >= 4 is 11.6 Å². The van der Waals surface area contributed by atoms with Crippen LogP contribution in [0.25, 0.3) is 0 Å². The number of carbonyl (C=O) groups is 2. The summed E-state index contributed by atoms with van der Waals surface area (Å²) >= 11 is 0. The lowest BCUT2D eigenvalue weighted by Gasteiger charge is -2.38. The Labute approximate surface area is 106 Å². The fourth-order valence-electron chi connectivity index (χ4n) is 3.38. The molecule has 0 aliphatic heterocycles. The van der Waals surface area contributed by atoms with Gasteiger partial charge in [0.25, 0.3) is 0 Å². The third-order valence-electron chi connectivity index (χ3n) is 4.38. The topological polar surface area (TPSA) is 43.4 Å². The molecule has 0 bridgehead atoms. The summed E-state index contributed by atoms with van der Waals surface area (Å²) in [5.41, 5.74) is 1.42. The lowest BCUT2D eigenvalue weighted by molar-refractivity contribution is -0.128. The molecular formula is C15H16O3. The molecule has 1 aromatic rings. The smallest absolute Gasteiger partial charge is 0.172 e. The second-order valence-corrected chi connectivity index (χ2v) is 5.29. The Morgan fingerprint density at radius 1 is 1.28 bits per heavy atom. The fraction of sp³-hybridized carbons (Fsp3) is 0.467. The van der Waals surface area contributed by atoms with Gasteiger partial charge in [-0.15, -0.1) is 0 Å². The predicted molar refractivity (Wildman–Crippen MR) is 66.6 cm³/mol. The molecule has 0 amide bonds. The Hall–Kier alpha value is -1.48. The molecule has 0 aromatic heterocycles. The number of hydrogen-bond acceptors (Lipinski definition) is 3. The van der Waals surface area contributed by atoms with Crippen molar-refractivity contribution < 1.29 is 14.3 Å². The summed E-state index contributed by atoms with van der Waals surface area (Å²) in [4.78, 5) is 24.2. The number of ether oxygens (including phenoxy) is 1. The summed E-state index contributed by atoms with van der Waals surface area (Å²) in [5.74, 6) is 0.369. The molecule has 1 saturated carbocycles. The van der Waals surface area contributed by atoms with Gasteiger partial charge in [-0.05, 0) is 18.4 Å². The minimum absolute atomic E-state index is 0.164. The van der Waals surface area contributed by atoms with Crippen LogP contribution in [0.5, 0.6) is 0 Å². The van der Waals surface area contributed by atoms with Crippen LogP contribution in [0.1, 0.15) is 35.2 Å². The van der Waals surface area contributed by atoms with Crippen LogP contribution in [0, 0.1) is 5.41 Å². The van der Waals surface area contributed by atoms with Crippen LogP contribution in [0.15, 0.2) is 24.3 Å². The Morgan fingerprint density at radius 3 is 2.78 bits per heavy atom. The van der Waals surface area contributed by atoms with Crippen LogP contribution in [0.2, 0.25) is 0 Å². The largest absolute Gasteiger partial charge is 0.380 e. The minimum atomic E-state index is -0.494. The highest BCUT2D eigenvalue weighted by Crippen LogP contribution is 2.47. The molecular weight excluding hydrogens is 228 g/mol. The number of hydrogen-bond donors (Lipinski definition) is 0. The maximum atomic E-state index is 12.7. The van der Waals surface area contributed by atoms with Gasteiger partial charge in [-0.25, -0.2) is 0 Å². The van der Waals surface area contributed by atoms with E-state index in [9.17, 15) is 9.59 Å². The lowest BCUT2D eigenvalue weighted by Crippen LogP contribution is -2.46. The number of benzene rings is 1. The van der Waals surface area contributed by atoms with Gasteiger partial charge >= 0.3 is 0 Å². The molecule has 1 fully saturated rings. The Bertz CT molecular complexity index is 520. The van der Waals surface area contributed by atoms with Gasteiger partial charge in [0.15, 0.2) is 5.78 Å². The first-order chi connectivity index (χ1) is 8.67. The van der Waals surface area contributed by atoms with Gasteiger partial charge in [-0.3, -0.25) is 9.59 Å². The van der Waals surface area contributed by atoms with Crippen LogP contribution in [0.3, 0.4) is 0 Å². The number of ketones is 2. The van der Waals surface area contributed by atoms with Gasteiger partial charge in [0.2, 0.25) is 0 Å². The summed E-state index contributed by atoms with van der Waals surface area (Å²) in [6, 6.07) is 7.74. The highest BCUT2D eigenvalue weighted by molar-refractivity contribution is 6.06. The van der Waals surface area contributed by atoms with Gasteiger partial charge in [-0.1, -0.05) is 24.3 Å². The van der Waals surface area contributed by atoms with Gasteiger partial charge in [0, 0.05) is 25.5 Å². The van der Waals surface area contributed by atoms with Crippen molar-refractivity contribution in [3.05, 3.63) is 35.4 Å². The minimum Gasteiger partial charge on any atom is -0.380 e. The van der Waals surface area contributed by atoms with E-state index in [1.54, 1.807) is 7.11 Å². The molecule has 0 N–H and O–H groups in total.